The van der Waals surface area contributed by atoms with Crippen LogP contribution in [0.3, 0.4) is 0 Å². The van der Waals surface area contributed by atoms with Gasteiger partial charge in [0.25, 0.3) is 0 Å². The molecule has 0 aliphatic carbocycles. The van der Waals surface area contributed by atoms with Gasteiger partial charge in [-0.2, -0.15) is 0 Å². The van der Waals surface area contributed by atoms with Crippen LogP contribution in [0.1, 0.15) is 5.56 Å². The van der Waals surface area contributed by atoms with Gasteiger partial charge in [-0.15, -0.1) is 0 Å². The van der Waals surface area contributed by atoms with Crippen LogP contribution in [0.4, 0.5) is 0 Å². The van der Waals surface area contributed by atoms with Gasteiger partial charge in [-0.05, 0) is 31.0 Å². The van der Waals surface area contributed by atoms with Crippen molar-refractivity contribution in [3.8, 4) is 5.75 Å². The molecule has 1 aromatic carbocycles. The lowest BCUT2D eigenvalue weighted by atomic mass is 10.1. The van der Waals surface area contributed by atoms with Crippen LogP contribution in [0.15, 0.2) is 24.4 Å². The number of nitrogens with one attached hydrogen (secondary N) is 1. The molecule has 2 heteroatoms. The van der Waals surface area contributed by atoms with E-state index in [1.54, 1.807) is 6.07 Å². The van der Waals surface area contributed by atoms with Crippen molar-refractivity contribution in [1.29, 1.82) is 0 Å². The van der Waals surface area contributed by atoms with Gasteiger partial charge in [0.15, 0.2) is 0 Å². The molecule has 1 aromatic heterocycles. The quantitative estimate of drug-likeness (QED) is 0.659. The molecule has 12 heavy (non-hydrogen) atoms. The second-order valence-electron chi connectivity index (χ2n) is 2.76. The van der Waals surface area contributed by atoms with Crippen LogP contribution in [0, 0.1) is 6.92 Å². The van der Waals surface area contributed by atoms with Crippen molar-refractivity contribution < 1.29 is 5.11 Å². The molecule has 0 spiro atoms. The molecule has 2 rings (SSSR count). The summed E-state index contributed by atoms with van der Waals surface area (Å²) >= 11 is 0. The fraction of sp³-hybridized carbons (Fsp3) is 0.100. The Balaban J connectivity index is 2.83. The van der Waals surface area contributed by atoms with Gasteiger partial charge < -0.3 is 10.1 Å². The summed E-state index contributed by atoms with van der Waals surface area (Å²) in [6, 6.07) is 5.45. The summed E-state index contributed by atoms with van der Waals surface area (Å²) in [6.07, 6.45) is 2.58. The summed E-state index contributed by atoms with van der Waals surface area (Å²) in [5.74, 6) is 0.326. The lowest BCUT2D eigenvalue weighted by molar-refractivity contribution is 0.481. The number of hydrogen-bond donors (Lipinski definition) is 2. The molecule has 0 saturated carbocycles. The molecule has 2 aromatic rings. The van der Waals surface area contributed by atoms with Crippen LogP contribution in [0.25, 0.3) is 10.9 Å². The topological polar surface area (TPSA) is 36.0 Å². The van der Waals surface area contributed by atoms with Crippen LogP contribution in [-0.2, 0) is 6.42 Å². The maximum absolute atomic E-state index is 9.52. The smallest absolute Gasteiger partial charge is 0.125 e. The molecule has 61 valence electrons. The molecule has 1 radical (unpaired) electrons. The van der Waals surface area contributed by atoms with E-state index in [0.29, 0.717) is 12.2 Å². The number of aromatic amines is 1. The van der Waals surface area contributed by atoms with Gasteiger partial charge in [0, 0.05) is 17.1 Å². The van der Waals surface area contributed by atoms with Crippen LogP contribution < -0.4 is 0 Å². The van der Waals surface area contributed by atoms with Crippen molar-refractivity contribution >= 4 is 10.9 Å². The Labute approximate surface area is 70.8 Å². The van der Waals surface area contributed by atoms with Crippen molar-refractivity contribution in [3.05, 3.63) is 36.9 Å². The predicted octanol–water partition coefficient (Wildman–Crippen LogP) is 2.25. The van der Waals surface area contributed by atoms with Gasteiger partial charge in [0.1, 0.15) is 5.75 Å². The molecule has 0 unspecified atom stereocenters. The van der Waals surface area contributed by atoms with E-state index in [-0.39, 0.29) is 0 Å². The van der Waals surface area contributed by atoms with Crippen molar-refractivity contribution in [2.75, 3.05) is 0 Å². The third-order valence-corrected chi connectivity index (χ3v) is 2.03. The first-order valence-corrected chi connectivity index (χ1v) is 3.90. The van der Waals surface area contributed by atoms with E-state index >= 15 is 0 Å². The van der Waals surface area contributed by atoms with Crippen LogP contribution in [-0.4, -0.2) is 10.1 Å². The predicted molar refractivity (Wildman–Crippen MR) is 49.0 cm³/mol. The zero-order valence-electron chi connectivity index (χ0n) is 6.67. The van der Waals surface area contributed by atoms with Gasteiger partial charge in [-0.25, -0.2) is 0 Å². The number of hydrogen-bond acceptors (Lipinski definition) is 1. The van der Waals surface area contributed by atoms with E-state index in [1.165, 1.54) is 0 Å². The lowest BCUT2D eigenvalue weighted by Crippen LogP contribution is -1.75. The fourth-order valence-corrected chi connectivity index (χ4v) is 1.43. The molecule has 0 atom stereocenters. The standard InChI is InChI=1S/C10H10NO/c1-2-7-6-11-8-4-3-5-9(12)10(7)8/h3-6,11-12H,1-2H2. The number of fused-ring (bicyclic) bond motifs is 1. The Hall–Kier alpha value is -1.44. The second kappa shape index (κ2) is 2.55. The first kappa shape index (κ1) is 7.22. The number of phenolic OH excluding ortho intramolecular Hbond substituents is 1. The molecular weight excluding hydrogens is 150 g/mol. The molecule has 0 saturated heterocycles. The Morgan fingerprint density at radius 3 is 3.00 bits per heavy atom. The van der Waals surface area contributed by atoms with Crippen molar-refractivity contribution in [2.45, 2.75) is 6.42 Å². The van der Waals surface area contributed by atoms with Crippen molar-refractivity contribution in [1.82, 2.24) is 4.98 Å². The zero-order chi connectivity index (χ0) is 8.55. The molecule has 1 heterocycles. The first-order chi connectivity index (χ1) is 5.83. The highest BCUT2D eigenvalue weighted by molar-refractivity contribution is 5.88. The lowest BCUT2D eigenvalue weighted by Gasteiger charge is -1.96. The van der Waals surface area contributed by atoms with Gasteiger partial charge >= 0.3 is 0 Å². The summed E-state index contributed by atoms with van der Waals surface area (Å²) in [7, 11) is 0. The third-order valence-electron chi connectivity index (χ3n) is 2.03. The Morgan fingerprint density at radius 1 is 1.42 bits per heavy atom. The molecule has 0 aliphatic heterocycles. The maximum atomic E-state index is 9.52. The molecule has 0 aliphatic rings. The van der Waals surface area contributed by atoms with Gasteiger partial charge in [0.05, 0.1) is 0 Å². The van der Waals surface area contributed by atoms with Crippen LogP contribution in [0.2, 0.25) is 0 Å². The van der Waals surface area contributed by atoms with E-state index in [1.807, 2.05) is 18.3 Å². The average molecular weight is 160 g/mol. The minimum atomic E-state index is 0.326. The second-order valence-corrected chi connectivity index (χ2v) is 2.76. The Bertz CT molecular complexity index is 403. The normalized spacial score (nSPS) is 10.8. The number of rotatable bonds is 1. The minimum Gasteiger partial charge on any atom is -0.507 e. The van der Waals surface area contributed by atoms with E-state index in [0.717, 1.165) is 16.5 Å². The van der Waals surface area contributed by atoms with Gasteiger partial charge in [-0.3, -0.25) is 0 Å². The molecule has 0 bridgehead atoms. The van der Waals surface area contributed by atoms with E-state index in [4.69, 9.17) is 0 Å². The molecule has 2 nitrogen and oxygen atoms in total. The summed E-state index contributed by atoms with van der Waals surface area (Å²) in [6.45, 7) is 3.79. The van der Waals surface area contributed by atoms with Crippen LogP contribution >= 0.6 is 0 Å². The van der Waals surface area contributed by atoms with E-state index in [2.05, 4.69) is 11.9 Å². The van der Waals surface area contributed by atoms with E-state index in [9.17, 15) is 5.11 Å². The van der Waals surface area contributed by atoms with Gasteiger partial charge in [-0.1, -0.05) is 6.07 Å². The molecule has 0 fully saturated rings. The number of aromatic nitrogens is 1. The highest BCUT2D eigenvalue weighted by Gasteiger charge is 2.04. The zero-order valence-corrected chi connectivity index (χ0v) is 6.67. The fourth-order valence-electron chi connectivity index (χ4n) is 1.43. The summed E-state index contributed by atoms with van der Waals surface area (Å²) in [5, 5.41) is 10.4. The largest absolute Gasteiger partial charge is 0.507 e. The van der Waals surface area contributed by atoms with Crippen molar-refractivity contribution in [3.63, 3.8) is 0 Å². The minimum absolute atomic E-state index is 0.326. The number of phenols is 1. The van der Waals surface area contributed by atoms with Crippen LogP contribution in [0.5, 0.6) is 5.75 Å². The maximum Gasteiger partial charge on any atom is 0.125 e. The summed E-state index contributed by atoms with van der Waals surface area (Å²) in [5.41, 5.74) is 2.02. The number of benzene rings is 1. The number of H-pyrrole nitrogens is 1. The average Bonchev–Trinajstić information content (AvgIpc) is 2.49. The molecule has 2 N–H and O–H groups in total. The summed E-state index contributed by atoms with van der Waals surface area (Å²) in [4.78, 5) is 3.08. The number of aromatic hydroxyl groups is 1. The summed E-state index contributed by atoms with van der Waals surface area (Å²) < 4.78 is 0. The highest BCUT2D eigenvalue weighted by Crippen LogP contribution is 2.27. The highest BCUT2D eigenvalue weighted by atomic mass is 16.3. The Morgan fingerprint density at radius 2 is 2.25 bits per heavy atom. The van der Waals surface area contributed by atoms with E-state index < -0.39 is 0 Å². The molecular formula is C10H10NO. The third kappa shape index (κ3) is 0.881. The first-order valence-electron chi connectivity index (χ1n) is 3.90. The van der Waals surface area contributed by atoms with Gasteiger partial charge in [0.2, 0.25) is 0 Å². The molecule has 0 amide bonds. The Kier molecular flexibility index (Phi) is 1.54. The monoisotopic (exact) mass is 160 g/mol. The van der Waals surface area contributed by atoms with Crippen molar-refractivity contribution in [2.24, 2.45) is 0 Å². The SMILES string of the molecule is [CH2]Cc1c[nH]c2cccc(O)c12.